The molecule has 0 radical (unpaired) electrons. The van der Waals surface area contributed by atoms with Crippen LogP contribution in [0.2, 0.25) is 0 Å². The van der Waals surface area contributed by atoms with E-state index >= 15 is 0 Å². The normalized spacial score (nSPS) is 10.7. The topological polar surface area (TPSA) is 37.8 Å². The van der Waals surface area contributed by atoms with Gasteiger partial charge in [-0.05, 0) is 12.0 Å². The van der Waals surface area contributed by atoms with Gasteiger partial charge in [0.1, 0.15) is 5.69 Å². The van der Waals surface area contributed by atoms with Gasteiger partial charge in [0.15, 0.2) is 5.82 Å². The van der Waals surface area contributed by atoms with Gasteiger partial charge in [-0.3, -0.25) is 0 Å². The molecule has 4 rings (SSSR count). The fraction of sp³-hybridized carbons (Fsp3) is 0.0909. The van der Waals surface area contributed by atoms with Crippen LogP contribution in [-0.4, -0.2) is 16.7 Å². The lowest BCUT2D eigenvalue weighted by Crippen LogP contribution is -2.08. The van der Waals surface area contributed by atoms with Crippen molar-refractivity contribution in [3.8, 4) is 11.3 Å². The van der Waals surface area contributed by atoms with Gasteiger partial charge < -0.3 is 5.32 Å². The minimum atomic E-state index is 0.827. The molecule has 4 aromatic rings. The zero-order valence-electron chi connectivity index (χ0n) is 13.9. The monoisotopic (exact) mass is 325 g/mol. The first-order valence-corrected chi connectivity index (χ1v) is 8.50. The molecule has 1 aromatic heterocycles. The van der Waals surface area contributed by atoms with Crippen molar-refractivity contribution in [1.82, 2.24) is 10.2 Å². The lowest BCUT2D eigenvalue weighted by atomic mass is 10.0. The summed E-state index contributed by atoms with van der Waals surface area (Å²) in [4.78, 5) is 0. The van der Waals surface area contributed by atoms with Crippen LogP contribution in [0, 0.1) is 0 Å². The van der Waals surface area contributed by atoms with Crippen molar-refractivity contribution in [3.05, 3.63) is 90.5 Å². The molecule has 0 saturated carbocycles. The molecule has 0 bridgehead atoms. The van der Waals surface area contributed by atoms with Crippen LogP contribution in [0.15, 0.2) is 84.9 Å². The zero-order valence-corrected chi connectivity index (χ0v) is 13.9. The van der Waals surface area contributed by atoms with E-state index in [1.54, 1.807) is 0 Å². The van der Waals surface area contributed by atoms with Crippen molar-refractivity contribution in [2.75, 3.05) is 11.9 Å². The molecule has 0 fully saturated rings. The van der Waals surface area contributed by atoms with Crippen molar-refractivity contribution in [1.29, 1.82) is 0 Å². The van der Waals surface area contributed by atoms with Gasteiger partial charge in [-0.2, -0.15) is 0 Å². The summed E-state index contributed by atoms with van der Waals surface area (Å²) in [5, 5.41) is 14.6. The number of aromatic nitrogens is 2. The summed E-state index contributed by atoms with van der Waals surface area (Å²) in [6, 6.07) is 29.0. The summed E-state index contributed by atoms with van der Waals surface area (Å²) in [5.41, 5.74) is 3.32. The third-order valence-electron chi connectivity index (χ3n) is 4.28. The van der Waals surface area contributed by atoms with Gasteiger partial charge in [0, 0.05) is 22.9 Å². The van der Waals surface area contributed by atoms with Gasteiger partial charge in [0.2, 0.25) is 0 Å². The predicted molar refractivity (Wildman–Crippen MR) is 104 cm³/mol. The quantitative estimate of drug-likeness (QED) is 0.564. The Morgan fingerprint density at radius 3 is 2.04 bits per heavy atom. The molecule has 0 unspecified atom stereocenters. The van der Waals surface area contributed by atoms with Crippen LogP contribution in [0.25, 0.3) is 22.0 Å². The van der Waals surface area contributed by atoms with E-state index in [9.17, 15) is 0 Å². The van der Waals surface area contributed by atoms with E-state index in [0.717, 1.165) is 40.8 Å². The number of benzene rings is 3. The maximum atomic E-state index is 4.49. The van der Waals surface area contributed by atoms with Crippen LogP contribution >= 0.6 is 0 Å². The lowest BCUT2D eigenvalue weighted by Gasteiger charge is -2.11. The molecule has 25 heavy (non-hydrogen) atoms. The third kappa shape index (κ3) is 3.36. The largest absolute Gasteiger partial charge is 0.368 e. The van der Waals surface area contributed by atoms with E-state index < -0.39 is 0 Å². The molecule has 0 aliphatic rings. The molecule has 3 nitrogen and oxygen atoms in total. The van der Waals surface area contributed by atoms with E-state index in [2.05, 4.69) is 64.0 Å². The van der Waals surface area contributed by atoms with Crippen LogP contribution < -0.4 is 5.32 Å². The Kier molecular flexibility index (Phi) is 4.38. The number of rotatable bonds is 5. The van der Waals surface area contributed by atoms with Gasteiger partial charge in [-0.25, -0.2) is 0 Å². The molecule has 122 valence electrons. The van der Waals surface area contributed by atoms with E-state index in [1.807, 2.05) is 36.4 Å². The minimum Gasteiger partial charge on any atom is -0.368 e. The van der Waals surface area contributed by atoms with E-state index in [4.69, 9.17) is 0 Å². The molecule has 0 aliphatic heterocycles. The summed E-state index contributed by atoms with van der Waals surface area (Å²) in [6.45, 7) is 0.827. The molecule has 0 aliphatic carbocycles. The van der Waals surface area contributed by atoms with Crippen molar-refractivity contribution in [3.63, 3.8) is 0 Å². The first-order valence-electron chi connectivity index (χ1n) is 8.50. The average Bonchev–Trinajstić information content (AvgIpc) is 2.69. The second-order valence-corrected chi connectivity index (χ2v) is 5.97. The number of fused-ring (bicyclic) bond motifs is 1. The van der Waals surface area contributed by atoms with Gasteiger partial charge in [0.05, 0.1) is 0 Å². The molecule has 3 aromatic carbocycles. The number of hydrogen-bond acceptors (Lipinski definition) is 3. The average molecular weight is 325 g/mol. The van der Waals surface area contributed by atoms with E-state index in [-0.39, 0.29) is 0 Å². The first kappa shape index (κ1) is 15.3. The highest BCUT2D eigenvalue weighted by Crippen LogP contribution is 2.29. The summed E-state index contributed by atoms with van der Waals surface area (Å²) in [7, 11) is 0. The maximum Gasteiger partial charge on any atom is 0.156 e. The maximum absolute atomic E-state index is 4.49. The molecule has 0 saturated heterocycles. The second-order valence-electron chi connectivity index (χ2n) is 5.97. The van der Waals surface area contributed by atoms with Gasteiger partial charge in [0.25, 0.3) is 0 Å². The molecular weight excluding hydrogens is 306 g/mol. The Bertz CT molecular complexity index is 966. The zero-order chi connectivity index (χ0) is 16.9. The van der Waals surface area contributed by atoms with Crippen LogP contribution in [-0.2, 0) is 6.42 Å². The summed E-state index contributed by atoms with van der Waals surface area (Å²) >= 11 is 0. The number of nitrogens with one attached hydrogen (secondary N) is 1. The van der Waals surface area contributed by atoms with Crippen LogP contribution in [0.5, 0.6) is 0 Å². The number of anilines is 1. The summed E-state index contributed by atoms with van der Waals surface area (Å²) in [5.74, 6) is 0.839. The van der Waals surface area contributed by atoms with Crippen LogP contribution in [0.3, 0.4) is 0 Å². The molecule has 0 amide bonds. The smallest absolute Gasteiger partial charge is 0.156 e. The lowest BCUT2D eigenvalue weighted by molar-refractivity contribution is 0.979. The van der Waals surface area contributed by atoms with Gasteiger partial charge in [-0.1, -0.05) is 84.9 Å². The third-order valence-corrected chi connectivity index (χ3v) is 4.28. The molecule has 0 atom stereocenters. The fourth-order valence-corrected chi connectivity index (χ4v) is 3.01. The Balaban J connectivity index is 1.62. The molecule has 1 heterocycles. The van der Waals surface area contributed by atoms with E-state index in [1.165, 1.54) is 5.56 Å². The number of hydrogen-bond donors (Lipinski definition) is 1. The van der Waals surface area contributed by atoms with Gasteiger partial charge >= 0.3 is 0 Å². The highest BCUT2D eigenvalue weighted by Gasteiger charge is 2.10. The minimum absolute atomic E-state index is 0.827. The Hall–Kier alpha value is -3.20. The Morgan fingerprint density at radius 1 is 0.640 bits per heavy atom. The van der Waals surface area contributed by atoms with Gasteiger partial charge in [-0.15, -0.1) is 10.2 Å². The predicted octanol–water partition coefficient (Wildman–Crippen LogP) is 4.95. The molecule has 0 spiro atoms. The standard InChI is InChI=1S/C22H19N3/c1-3-9-17(10-4-1)15-16-23-22-20-14-8-7-13-19(20)21(24-25-22)18-11-5-2-6-12-18/h1-14H,15-16H2,(H,23,25). The SMILES string of the molecule is c1ccc(CCNc2nnc(-c3ccccc3)c3ccccc23)cc1. The molecule has 1 N–H and O–H groups in total. The Labute approximate surface area is 147 Å². The first-order chi connectivity index (χ1) is 12.4. The van der Waals surface area contributed by atoms with Crippen molar-refractivity contribution < 1.29 is 0 Å². The summed E-state index contributed by atoms with van der Waals surface area (Å²) < 4.78 is 0. The van der Waals surface area contributed by atoms with Crippen molar-refractivity contribution in [2.45, 2.75) is 6.42 Å². The molecular formula is C22H19N3. The summed E-state index contributed by atoms with van der Waals surface area (Å²) in [6.07, 6.45) is 0.956. The van der Waals surface area contributed by atoms with E-state index in [0.29, 0.717) is 0 Å². The highest BCUT2D eigenvalue weighted by atomic mass is 15.2. The van der Waals surface area contributed by atoms with Crippen molar-refractivity contribution in [2.24, 2.45) is 0 Å². The molecule has 3 heteroatoms. The highest BCUT2D eigenvalue weighted by molar-refractivity contribution is 5.99. The van der Waals surface area contributed by atoms with Crippen LogP contribution in [0.1, 0.15) is 5.56 Å². The Morgan fingerprint density at radius 2 is 1.28 bits per heavy atom. The number of nitrogens with zero attached hydrogens (tertiary/aromatic N) is 2. The second kappa shape index (κ2) is 7.14. The fourth-order valence-electron chi connectivity index (χ4n) is 3.01. The van der Waals surface area contributed by atoms with Crippen molar-refractivity contribution >= 4 is 16.6 Å². The van der Waals surface area contributed by atoms with Crippen LogP contribution in [0.4, 0.5) is 5.82 Å².